The number of hydrogen-bond acceptors (Lipinski definition) is 3. The number of imidazole rings is 1. The zero-order valence-electron chi connectivity index (χ0n) is 13.1. The Morgan fingerprint density at radius 2 is 2.04 bits per heavy atom. The number of hydrogen-bond donors (Lipinski definition) is 0. The molecule has 5 heteroatoms. The average Bonchev–Trinajstić information content (AvgIpc) is 3.15. The van der Waals surface area contributed by atoms with Gasteiger partial charge in [-0.05, 0) is 42.8 Å². The van der Waals surface area contributed by atoms with E-state index < -0.39 is 0 Å². The van der Waals surface area contributed by atoms with Crippen molar-refractivity contribution in [1.82, 2.24) is 19.4 Å². The van der Waals surface area contributed by atoms with Gasteiger partial charge in [-0.2, -0.15) is 0 Å². The van der Waals surface area contributed by atoms with Gasteiger partial charge in [-0.25, -0.2) is 14.4 Å². The number of rotatable bonds is 3. The lowest BCUT2D eigenvalue weighted by Gasteiger charge is -2.16. The first-order chi connectivity index (χ1) is 11.2. The minimum atomic E-state index is -0.180. The molecule has 1 aliphatic heterocycles. The average molecular weight is 310 g/mol. The molecule has 118 valence electrons. The third-order valence-electron chi connectivity index (χ3n) is 4.62. The zero-order chi connectivity index (χ0) is 15.8. The standard InChI is InChI=1S/C18H19FN4/c1-22-17(21-16-3-2-9-20-18(16)22)14-8-10-23(12-14)11-13-4-6-15(19)7-5-13/h2-7,9,14H,8,10-12H2,1H3/t14-/m1/s1. The van der Waals surface area contributed by atoms with Crippen molar-refractivity contribution < 1.29 is 4.39 Å². The Hall–Kier alpha value is -2.27. The van der Waals surface area contributed by atoms with Gasteiger partial charge in [-0.3, -0.25) is 4.90 Å². The summed E-state index contributed by atoms with van der Waals surface area (Å²) in [5, 5.41) is 0. The van der Waals surface area contributed by atoms with Crippen LogP contribution in [-0.4, -0.2) is 32.5 Å². The largest absolute Gasteiger partial charge is 0.316 e. The van der Waals surface area contributed by atoms with Crippen LogP contribution in [0.4, 0.5) is 4.39 Å². The molecule has 0 N–H and O–H groups in total. The summed E-state index contributed by atoms with van der Waals surface area (Å²) in [6.07, 6.45) is 2.90. The van der Waals surface area contributed by atoms with Crippen molar-refractivity contribution in [3.63, 3.8) is 0 Å². The summed E-state index contributed by atoms with van der Waals surface area (Å²) in [6, 6.07) is 10.7. The van der Waals surface area contributed by atoms with Crippen LogP contribution in [0.1, 0.15) is 23.7 Å². The molecule has 0 saturated carbocycles. The van der Waals surface area contributed by atoms with Gasteiger partial charge in [0.2, 0.25) is 0 Å². The Bertz CT molecular complexity index is 825. The lowest BCUT2D eigenvalue weighted by Crippen LogP contribution is -2.20. The van der Waals surface area contributed by atoms with Gasteiger partial charge in [0, 0.05) is 32.3 Å². The second kappa shape index (κ2) is 5.74. The fraction of sp³-hybridized carbons (Fsp3) is 0.333. The van der Waals surface area contributed by atoms with Gasteiger partial charge < -0.3 is 4.57 Å². The van der Waals surface area contributed by atoms with E-state index in [-0.39, 0.29) is 5.82 Å². The number of aryl methyl sites for hydroxylation is 1. The number of halogens is 1. The molecule has 3 heterocycles. The van der Waals surface area contributed by atoms with Gasteiger partial charge in [-0.15, -0.1) is 0 Å². The summed E-state index contributed by atoms with van der Waals surface area (Å²) in [7, 11) is 2.04. The van der Waals surface area contributed by atoms with Crippen LogP contribution in [0.25, 0.3) is 11.2 Å². The van der Waals surface area contributed by atoms with E-state index in [0.717, 1.165) is 48.6 Å². The lowest BCUT2D eigenvalue weighted by molar-refractivity contribution is 0.325. The molecule has 4 nitrogen and oxygen atoms in total. The van der Waals surface area contributed by atoms with E-state index in [0.29, 0.717) is 5.92 Å². The van der Waals surface area contributed by atoms with E-state index in [2.05, 4.69) is 14.5 Å². The van der Waals surface area contributed by atoms with Crippen molar-refractivity contribution >= 4 is 11.2 Å². The minimum absolute atomic E-state index is 0.180. The first-order valence-electron chi connectivity index (χ1n) is 7.95. The van der Waals surface area contributed by atoms with Crippen molar-refractivity contribution in [1.29, 1.82) is 0 Å². The Kier molecular flexibility index (Phi) is 3.58. The molecule has 0 aliphatic carbocycles. The van der Waals surface area contributed by atoms with Gasteiger partial charge in [0.05, 0.1) is 0 Å². The molecule has 1 atom stereocenters. The maximum Gasteiger partial charge on any atom is 0.159 e. The summed E-state index contributed by atoms with van der Waals surface area (Å²) >= 11 is 0. The second-order valence-corrected chi connectivity index (χ2v) is 6.22. The highest BCUT2D eigenvalue weighted by Gasteiger charge is 2.27. The van der Waals surface area contributed by atoms with Crippen LogP contribution in [0, 0.1) is 5.82 Å². The van der Waals surface area contributed by atoms with Crippen LogP contribution in [0.3, 0.4) is 0 Å². The van der Waals surface area contributed by atoms with Gasteiger partial charge in [0.25, 0.3) is 0 Å². The van der Waals surface area contributed by atoms with Crippen LogP contribution in [0.15, 0.2) is 42.6 Å². The maximum atomic E-state index is 13.0. The van der Waals surface area contributed by atoms with Crippen LogP contribution >= 0.6 is 0 Å². The predicted molar refractivity (Wildman–Crippen MR) is 87.5 cm³/mol. The summed E-state index contributed by atoms with van der Waals surface area (Å²) < 4.78 is 15.1. The Balaban J connectivity index is 1.51. The van der Waals surface area contributed by atoms with E-state index in [1.807, 2.05) is 37.5 Å². The summed E-state index contributed by atoms with van der Waals surface area (Å²) in [5.74, 6) is 1.36. The van der Waals surface area contributed by atoms with Crippen molar-refractivity contribution in [3.05, 3.63) is 59.8 Å². The zero-order valence-corrected chi connectivity index (χ0v) is 13.1. The molecule has 3 aromatic rings. The smallest absolute Gasteiger partial charge is 0.159 e. The monoisotopic (exact) mass is 310 g/mol. The molecule has 0 radical (unpaired) electrons. The first kappa shape index (κ1) is 14.3. The van der Waals surface area contributed by atoms with Crippen molar-refractivity contribution in [3.8, 4) is 0 Å². The lowest BCUT2D eigenvalue weighted by atomic mass is 10.1. The molecule has 0 unspecified atom stereocenters. The number of aromatic nitrogens is 3. The molecule has 4 rings (SSSR count). The SMILES string of the molecule is Cn1c([C@@H]2CCN(Cc3ccc(F)cc3)C2)nc2cccnc21. The molecule has 1 fully saturated rings. The van der Waals surface area contributed by atoms with Crippen molar-refractivity contribution in [2.45, 2.75) is 18.9 Å². The van der Waals surface area contributed by atoms with E-state index in [1.165, 1.54) is 12.1 Å². The Labute approximate surface area is 134 Å². The van der Waals surface area contributed by atoms with Gasteiger partial charge in [0.15, 0.2) is 5.65 Å². The molecular formula is C18H19FN4. The molecule has 1 aromatic carbocycles. The molecule has 1 saturated heterocycles. The predicted octanol–water partition coefficient (Wildman–Crippen LogP) is 3.10. The molecule has 0 spiro atoms. The quantitative estimate of drug-likeness (QED) is 0.745. The topological polar surface area (TPSA) is 34.0 Å². The van der Waals surface area contributed by atoms with Crippen LogP contribution in [0.2, 0.25) is 0 Å². The van der Waals surface area contributed by atoms with Gasteiger partial charge in [-0.1, -0.05) is 12.1 Å². The molecule has 2 aromatic heterocycles. The van der Waals surface area contributed by atoms with E-state index in [1.54, 1.807) is 0 Å². The number of fused-ring (bicyclic) bond motifs is 1. The number of benzene rings is 1. The fourth-order valence-corrected chi connectivity index (χ4v) is 3.44. The minimum Gasteiger partial charge on any atom is -0.316 e. The van der Waals surface area contributed by atoms with E-state index >= 15 is 0 Å². The van der Waals surface area contributed by atoms with Crippen LogP contribution < -0.4 is 0 Å². The van der Waals surface area contributed by atoms with Gasteiger partial charge >= 0.3 is 0 Å². The summed E-state index contributed by atoms with van der Waals surface area (Å²) in [6.45, 7) is 2.88. The van der Waals surface area contributed by atoms with E-state index in [9.17, 15) is 4.39 Å². The second-order valence-electron chi connectivity index (χ2n) is 6.22. The highest BCUT2D eigenvalue weighted by Crippen LogP contribution is 2.29. The Morgan fingerprint density at radius 1 is 1.22 bits per heavy atom. The van der Waals surface area contributed by atoms with E-state index in [4.69, 9.17) is 4.98 Å². The maximum absolute atomic E-state index is 13.0. The summed E-state index contributed by atoms with van der Waals surface area (Å²) in [4.78, 5) is 11.6. The molecule has 0 amide bonds. The third kappa shape index (κ3) is 2.72. The van der Waals surface area contributed by atoms with Gasteiger partial charge in [0.1, 0.15) is 17.2 Å². The molecule has 0 bridgehead atoms. The number of pyridine rings is 1. The number of nitrogens with zero attached hydrogens (tertiary/aromatic N) is 4. The highest BCUT2D eigenvalue weighted by atomic mass is 19.1. The fourth-order valence-electron chi connectivity index (χ4n) is 3.44. The Morgan fingerprint density at radius 3 is 2.83 bits per heavy atom. The molecular weight excluding hydrogens is 291 g/mol. The normalized spacial score (nSPS) is 18.8. The molecule has 1 aliphatic rings. The summed E-state index contributed by atoms with van der Waals surface area (Å²) in [5.41, 5.74) is 3.06. The highest BCUT2D eigenvalue weighted by molar-refractivity contribution is 5.71. The van der Waals surface area contributed by atoms with Crippen molar-refractivity contribution in [2.24, 2.45) is 7.05 Å². The van der Waals surface area contributed by atoms with Crippen LogP contribution in [-0.2, 0) is 13.6 Å². The molecule has 23 heavy (non-hydrogen) atoms. The number of likely N-dealkylation sites (tertiary alicyclic amines) is 1. The first-order valence-corrected chi connectivity index (χ1v) is 7.95. The van der Waals surface area contributed by atoms with Crippen molar-refractivity contribution in [2.75, 3.05) is 13.1 Å². The third-order valence-corrected chi connectivity index (χ3v) is 4.62. The van der Waals surface area contributed by atoms with Crippen LogP contribution in [0.5, 0.6) is 0 Å².